The summed E-state index contributed by atoms with van der Waals surface area (Å²) in [7, 11) is 0. The molecule has 0 bridgehead atoms. The van der Waals surface area contributed by atoms with Gasteiger partial charge in [0.25, 0.3) is 0 Å². The van der Waals surface area contributed by atoms with Gasteiger partial charge in [0.2, 0.25) is 5.88 Å². The van der Waals surface area contributed by atoms with Crippen molar-refractivity contribution < 1.29 is 14.3 Å². The van der Waals surface area contributed by atoms with Crippen LogP contribution in [-0.4, -0.2) is 61.6 Å². The molecule has 31 heavy (non-hydrogen) atoms. The summed E-state index contributed by atoms with van der Waals surface area (Å²) < 4.78 is 6.55. The third-order valence-corrected chi connectivity index (χ3v) is 6.07. The van der Waals surface area contributed by atoms with E-state index in [1.54, 1.807) is 28.8 Å². The van der Waals surface area contributed by atoms with Gasteiger partial charge in [0.15, 0.2) is 5.16 Å². The number of hydrogen-bond donors (Lipinski definition) is 3. The van der Waals surface area contributed by atoms with Crippen LogP contribution in [0.3, 0.4) is 0 Å². The number of hydrogen-bond acceptors (Lipinski definition) is 8. The Kier molecular flexibility index (Phi) is 7.65. The molecule has 1 aliphatic heterocycles. The van der Waals surface area contributed by atoms with E-state index in [0.717, 1.165) is 28.1 Å². The predicted octanol–water partition coefficient (Wildman–Crippen LogP) is 3.36. The summed E-state index contributed by atoms with van der Waals surface area (Å²) in [6, 6.07) is 2.80. The Morgan fingerprint density at radius 2 is 2.06 bits per heavy atom. The molecule has 10 nitrogen and oxygen atoms in total. The fourth-order valence-corrected chi connectivity index (χ4v) is 4.08. The summed E-state index contributed by atoms with van der Waals surface area (Å²) in [6.45, 7) is 6.91. The fourth-order valence-electron chi connectivity index (χ4n) is 2.95. The molecule has 0 spiro atoms. The Morgan fingerprint density at radius 1 is 1.32 bits per heavy atom. The second kappa shape index (κ2) is 10.2. The van der Waals surface area contributed by atoms with Crippen molar-refractivity contribution in [3.8, 4) is 5.88 Å². The maximum atomic E-state index is 12.4. The van der Waals surface area contributed by atoms with Crippen molar-refractivity contribution in [3.05, 3.63) is 24.7 Å². The number of rotatable bonds is 5. The van der Waals surface area contributed by atoms with Crippen LogP contribution in [0.2, 0.25) is 0 Å². The number of piperidine rings is 1. The Balaban J connectivity index is 1.45. The summed E-state index contributed by atoms with van der Waals surface area (Å²) >= 11 is 5.85. The largest absolute Gasteiger partial charge is 0.416 e. The number of urea groups is 1. The number of carbonyl (C=O) groups is 2. The van der Waals surface area contributed by atoms with Crippen molar-refractivity contribution in [1.82, 2.24) is 30.4 Å². The lowest BCUT2D eigenvalue weighted by molar-refractivity contribution is 0.132. The summed E-state index contributed by atoms with van der Waals surface area (Å²) in [6.07, 6.45) is 4.32. The van der Waals surface area contributed by atoms with Gasteiger partial charge in [-0.25, -0.2) is 23.9 Å². The number of aromatic nitrogens is 4. The van der Waals surface area contributed by atoms with Crippen LogP contribution in [0.4, 0.5) is 15.3 Å². The number of pyridine rings is 1. The van der Waals surface area contributed by atoms with E-state index in [9.17, 15) is 9.59 Å². The predicted molar refractivity (Wildman–Crippen MR) is 121 cm³/mol. The highest BCUT2D eigenvalue weighted by atomic mass is 32.2. The number of H-pyrrole nitrogens is 1. The SMILES string of the molecule is CC(C)(C)NC(=O)N(S)c1ccc(OC(=O)N2CCC(CSc3ncn[nH]3)CC2)nc1. The molecule has 3 rings (SSSR count). The minimum absolute atomic E-state index is 0.176. The maximum absolute atomic E-state index is 12.4. The Hall–Kier alpha value is -2.47. The number of amides is 3. The molecule has 0 radical (unpaired) electrons. The van der Waals surface area contributed by atoms with Crippen molar-refractivity contribution in [2.45, 2.75) is 44.3 Å². The van der Waals surface area contributed by atoms with Gasteiger partial charge in [0, 0.05) is 30.4 Å². The normalized spacial score (nSPS) is 14.9. The topological polar surface area (TPSA) is 116 Å². The third kappa shape index (κ3) is 7.03. The Labute approximate surface area is 191 Å². The zero-order chi connectivity index (χ0) is 22.4. The first-order valence-electron chi connectivity index (χ1n) is 9.93. The first-order chi connectivity index (χ1) is 14.7. The number of thioether (sulfide) groups is 1. The van der Waals surface area contributed by atoms with E-state index >= 15 is 0 Å². The van der Waals surface area contributed by atoms with E-state index in [2.05, 4.69) is 38.3 Å². The fraction of sp³-hybridized carbons (Fsp3) is 0.526. The number of nitrogens with one attached hydrogen (secondary N) is 2. The van der Waals surface area contributed by atoms with Gasteiger partial charge < -0.3 is 15.0 Å². The van der Waals surface area contributed by atoms with Gasteiger partial charge in [-0.05, 0) is 45.6 Å². The number of nitrogens with zero attached hydrogens (tertiary/aromatic N) is 5. The van der Waals surface area contributed by atoms with Crippen LogP contribution in [0.1, 0.15) is 33.6 Å². The van der Waals surface area contributed by atoms with Gasteiger partial charge in [0.05, 0.1) is 11.9 Å². The van der Waals surface area contributed by atoms with Crippen LogP contribution in [0, 0.1) is 5.92 Å². The van der Waals surface area contributed by atoms with Crippen LogP contribution < -0.4 is 14.4 Å². The Bertz CT molecular complexity index is 864. The maximum Gasteiger partial charge on any atom is 0.416 e. The molecule has 12 heteroatoms. The number of anilines is 1. The molecule has 0 saturated carbocycles. The Morgan fingerprint density at radius 3 is 2.65 bits per heavy atom. The minimum Gasteiger partial charge on any atom is -0.391 e. The van der Waals surface area contributed by atoms with Gasteiger partial charge in [-0.1, -0.05) is 24.6 Å². The third-order valence-electron chi connectivity index (χ3n) is 4.55. The van der Waals surface area contributed by atoms with E-state index < -0.39 is 6.09 Å². The number of thiol groups is 1. The van der Waals surface area contributed by atoms with E-state index in [-0.39, 0.29) is 17.5 Å². The van der Waals surface area contributed by atoms with Crippen molar-refractivity contribution in [2.24, 2.45) is 5.92 Å². The molecule has 3 amide bonds. The van der Waals surface area contributed by atoms with Gasteiger partial charge in [0.1, 0.15) is 6.33 Å². The monoisotopic (exact) mass is 465 g/mol. The van der Waals surface area contributed by atoms with Crippen molar-refractivity contribution in [3.63, 3.8) is 0 Å². The van der Waals surface area contributed by atoms with Crippen LogP contribution >= 0.6 is 24.6 Å². The first kappa shape index (κ1) is 23.2. The molecule has 0 unspecified atom stereocenters. The van der Waals surface area contributed by atoms with E-state index in [0.29, 0.717) is 24.7 Å². The number of likely N-dealkylation sites (tertiary alicyclic amines) is 1. The van der Waals surface area contributed by atoms with Crippen LogP contribution in [0.15, 0.2) is 29.8 Å². The van der Waals surface area contributed by atoms with Gasteiger partial charge in [-0.3, -0.25) is 5.10 Å². The minimum atomic E-state index is -0.421. The molecule has 1 fully saturated rings. The van der Waals surface area contributed by atoms with Crippen molar-refractivity contribution in [1.29, 1.82) is 0 Å². The lowest BCUT2D eigenvalue weighted by atomic mass is 9.99. The van der Waals surface area contributed by atoms with Crippen molar-refractivity contribution in [2.75, 3.05) is 23.1 Å². The molecule has 168 valence electrons. The summed E-state index contributed by atoms with van der Waals surface area (Å²) in [5, 5.41) is 10.3. The van der Waals surface area contributed by atoms with Gasteiger partial charge >= 0.3 is 12.1 Å². The highest BCUT2D eigenvalue weighted by Gasteiger charge is 2.25. The molecule has 1 saturated heterocycles. The first-order valence-corrected chi connectivity index (χ1v) is 11.3. The molecule has 2 aromatic rings. The van der Waals surface area contributed by atoms with Gasteiger partial charge in [-0.15, -0.1) is 0 Å². The smallest absolute Gasteiger partial charge is 0.391 e. The number of ether oxygens (including phenoxy) is 1. The van der Waals surface area contributed by atoms with Crippen molar-refractivity contribution >= 4 is 42.4 Å². The molecule has 3 heterocycles. The molecule has 1 aliphatic rings. The molecular formula is C19H27N7O3S2. The van der Waals surface area contributed by atoms with Gasteiger partial charge in [-0.2, -0.15) is 5.10 Å². The molecule has 2 aromatic heterocycles. The van der Waals surface area contributed by atoms with Crippen LogP contribution in [0.25, 0.3) is 0 Å². The molecule has 0 aromatic carbocycles. The van der Waals surface area contributed by atoms with Crippen LogP contribution in [0.5, 0.6) is 5.88 Å². The summed E-state index contributed by atoms with van der Waals surface area (Å²) in [5.41, 5.74) is 0.0817. The lowest BCUT2D eigenvalue weighted by Gasteiger charge is -2.30. The highest BCUT2D eigenvalue weighted by molar-refractivity contribution is 7.99. The molecular weight excluding hydrogens is 438 g/mol. The van der Waals surface area contributed by atoms with E-state index in [1.807, 2.05) is 20.8 Å². The number of aromatic amines is 1. The summed E-state index contributed by atoms with van der Waals surface area (Å²) in [4.78, 5) is 34.5. The molecule has 0 aliphatic carbocycles. The second-order valence-corrected chi connectivity index (χ2v) is 9.66. The average molecular weight is 466 g/mol. The van der Waals surface area contributed by atoms with E-state index in [4.69, 9.17) is 4.74 Å². The van der Waals surface area contributed by atoms with Crippen LogP contribution in [-0.2, 0) is 0 Å². The quantitative estimate of drug-likeness (QED) is 0.458. The molecule has 2 N–H and O–H groups in total. The average Bonchev–Trinajstić information content (AvgIpc) is 3.25. The zero-order valence-corrected chi connectivity index (χ0v) is 19.4. The second-order valence-electron chi connectivity index (χ2n) is 8.25. The standard InChI is InChI=1S/C19H27N7O3S2/c1-19(2,3)23-17(27)26(30)14-4-5-15(20-10-14)29-18(28)25-8-6-13(7-9-25)11-31-16-21-12-22-24-16/h4-5,10,12-13,30H,6-9,11H2,1-3H3,(H,23,27)(H,21,22,24). The molecule has 0 atom stereocenters. The van der Waals surface area contributed by atoms with E-state index in [1.165, 1.54) is 12.5 Å². The zero-order valence-electron chi connectivity index (χ0n) is 17.7. The summed E-state index contributed by atoms with van der Waals surface area (Å²) in [5.74, 6) is 1.62. The highest BCUT2D eigenvalue weighted by Crippen LogP contribution is 2.25. The number of carbonyl (C=O) groups excluding carboxylic acids is 2. The lowest BCUT2D eigenvalue weighted by Crippen LogP contribution is -2.45.